The number of anilines is 1. The van der Waals surface area contributed by atoms with Crippen molar-refractivity contribution in [2.45, 2.75) is 19.3 Å². The van der Waals surface area contributed by atoms with E-state index in [2.05, 4.69) is 5.32 Å². The number of thiophene rings is 1. The second-order valence-corrected chi connectivity index (χ2v) is 8.36. The molecule has 1 aromatic heterocycles. The van der Waals surface area contributed by atoms with Gasteiger partial charge in [0.1, 0.15) is 20.6 Å². The molecule has 3 nitrogen and oxygen atoms in total. The molecule has 0 radical (unpaired) electrons. The molecule has 0 aliphatic carbocycles. The number of aryl methyl sites for hydroxylation is 1. The van der Waals surface area contributed by atoms with Crippen molar-refractivity contribution >= 4 is 39.6 Å². The van der Waals surface area contributed by atoms with Crippen molar-refractivity contribution in [1.29, 1.82) is 0 Å². The highest BCUT2D eigenvalue weighted by Crippen LogP contribution is 2.49. The number of Topliss-reactive ketones (excluding diaryl/α,β-unsaturated/α-hetero) is 1. The van der Waals surface area contributed by atoms with Gasteiger partial charge < -0.3 is 5.32 Å². The average Bonchev–Trinajstić information content (AvgIpc) is 2.97. The largest absolute Gasteiger partial charge is 0.316 e. The third kappa shape index (κ3) is 2.69. The monoisotopic (exact) mass is 399 g/mol. The predicted octanol–water partition coefficient (Wildman–Crippen LogP) is 5.61. The van der Waals surface area contributed by atoms with Crippen LogP contribution in [0.1, 0.15) is 28.4 Å². The maximum Gasteiger partial charge on any atom is 0.243 e. The van der Waals surface area contributed by atoms with Gasteiger partial charge in [-0.2, -0.15) is 0 Å². The van der Waals surface area contributed by atoms with E-state index in [9.17, 15) is 14.0 Å². The summed E-state index contributed by atoms with van der Waals surface area (Å²) in [5.74, 6) is -1.07. The summed E-state index contributed by atoms with van der Waals surface area (Å²) >= 11 is 7.54. The zero-order chi connectivity index (χ0) is 19.3. The van der Waals surface area contributed by atoms with Crippen LogP contribution in [0, 0.1) is 12.7 Å². The fraction of sp³-hybridized carbons (Fsp3) is 0.143. The smallest absolute Gasteiger partial charge is 0.243 e. The van der Waals surface area contributed by atoms with Crippen molar-refractivity contribution in [1.82, 2.24) is 0 Å². The summed E-state index contributed by atoms with van der Waals surface area (Å²) in [6.45, 7) is 3.57. The highest BCUT2D eigenvalue weighted by molar-refractivity contribution is 7.21. The Morgan fingerprint density at radius 2 is 1.63 bits per heavy atom. The molecule has 0 saturated heterocycles. The Morgan fingerprint density at radius 3 is 2.26 bits per heavy atom. The summed E-state index contributed by atoms with van der Waals surface area (Å²) in [5, 5.41) is 3.27. The number of amides is 1. The van der Waals surface area contributed by atoms with Crippen LogP contribution in [-0.2, 0) is 10.2 Å². The van der Waals surface area contributed by atoms with Crippen LogP contribution in [0.5, 0.6) is 0 Å². The molecular formula is C21H15ClFNO2S. The quantitative estimate of drug-likeness (QED) is 0.569. The number of nitrogens with one attached hydrogen (secondary N) is 1. The molecule has 1 amide bonds. The van der Waals surface area contributed by atoms with Crippen LogP contribution in [-0.4, -0.2) is 11.7 Å². The molecule has 1 aliphatic rings. The van der Waals surface area contributed by atoms with Crippen LogP contribution < -0.4 is 5.32 Å². The lowest BCUT2D eigenvalue weighted by Crippen LogP contribution is -2.48. The minimum atomic E-state index is -1.36. The molecule has 1 aliphatic heterocycles. The van der Waals surface area contributed by atoms with Crippen molar-refractivity contribution in [3.63, 3.8) is 0 Å². The molecule has 4 rings (SSSR count). The molecule has 3 aromatic rings. The van der Waals surface area contributed by atoms with E-state index in [4.69, 9.17) is 11.6 Å². The van der Waals surface area contributed by atoms with Gasteiger partial charge in [-0.05, 0) is 37.1 Å². The molecule has 1 atom stereocenters. The summed E-state index contributed by atoms with van der Waals surface area (Å²) in [5.41, 5.74) is 1.83. The van der Waals surface area contributed by atoms with Crippen molar-refractivity contribution < 1.29 is 14.0 Å². The Balaban J connectivity index is 1.91. The number of fused-ring (bicyclic) bond motifs is 1. The van der Waals surface area contributed by atoms with Crippen molar-refractivity contribution in [2.75, 3.05) is 5.32 Å². The maximum absolute atomic E-state index is 13.5. The lowest BCUT2D eigenvalue weighted by atomic mass is 9.73. The summed E-state index contributed by atoms with van der Waals surface area (Å²) in [6.07, 6.45) is 0. The Hall–Kier alpha value is -2.50. The van der Waals surface area contributed by atoms with Crippen molar-refractivity contribution in [3.8, 4) is 11.1 Å². The Labute approximate surface area is 164 Å². The molecule has 0 spiro atoms. The summed E-state index contributed by atoms with van der Waals surface area (Å²) in [4.78, 5) is 26.4. The van der Waals surface area contributed by atoms with Crippen LogP contribution >= 0.6 is 22.9 Å². The number of hydrogen-bond acceptors (Lipinski definition) is 3. The van der Waals surface area contributed by atoms with E-state index in [0.717, 1.165) is 16.9 Å². The number of benzene rings is 2. The molecule has 0 fully saturated rings. The Bertz CT molecular complexity index is 1070. The number of carbonyl (C=O) groups excluding carboxylic acids is 2. The molecular weight excluding hydrogens is 385 g/mol. The SMILES string of the molecule is Cc1ccc(C2(C)C(=O)Nc3sc(Cl)c(-c4ccc(F)cc4)c3C2=O)cc1. The third-order valence-corrected chi connectivity index (χ3v) is 6.30. The fourth-order valence-electron chi connectivity index (χ4n) is 3.31. The second kappa shape index (κ2) is 6.29. The van der Waals surface area contributed by atoms with E-state index < -0.39 is 5.41 Å². The molecule has 6 heteroatoms. The third-order valence-electron chi connectivity index (χ3n) is 4.99. The van der Waals surface area contributed by atoms with E-state index >= 15 is 0 Å². The zero-order valence-electron chi connectivity index (χ0n) is 14.6. The number of ketones is 1. The Kier molecular flexibility index (Phi) is 4.17. The van der Waals surface area contributed by atoms with E-state index in [1.807, 2.05) is 19.1 Å². The van der Waals surface area contributed by atoms with Crippen LogP contribution in [0.2, 0.25) is 4.34 Å². The van der Waals surface area contributed by atoms with Gasteiger partial charge in [-0.15, -0.1) is 11.3 Å². The first-order valence-corrected chi connectivity index (χ1v) is 9.53. The minimum Gasteiger partial charge on any atom is -0.316 e. The van der Waals surface area contributed by atoms with Gasteiger partial charge in [0, 0.05) is 5.56 Å². The molecule has 27 heavy (non-hydrogen) atoms. The van der Waals surface area contributed by atoms with E-state index in [0.29, 0.717) is 31.6 Å². The minimum absolute atomic E-state index is 0.312. The van der Waals surface area contributed by atoms with Gasteiger partial charge in [0.15, 0.2) is 5.78 Å². The van der Waals surface area contributed by atoms with E-state index in [1.54, 1.807) is 31.2 Å². The standard InChI is InChI=1S/C21H15ClFNO2S/c1-11-3-7-13(8-4-11)21(2)17(25)16-15(12-5-9-14(23)10-6-12)18(22)27-19(16)24-20(21)26/h3-10H,1-2H3,(H,24,26). The van der Waals surface area contributed by atoms with Crippen molar-refractivity contribution in [2.24, 2.45) is 0 Å². The van der Waals surface area contributed by atoms with Crippen molar-refractivity contribution in [3.05, 3.63) is 75.4 Å². The number of rotatable bonds is 2. The molecule has 0 saturated carbocycles. The van der Waals surface area contributed by atoms with Crippen LogP contribution in [0.3, 0.4) is 0 Å². The van der Waals surface area contributed by atoms with Gasteiger partial charge in [-0.25, -0.2) is 4.39 Å². The lowest BCUT2D eigenvalue weighted by Gasteiger charge is -2.32. The number of hydrogen-bond donors (Lipinski definition) is 1. The Morgan fingerprint density at radius 1 is 1.00 bits per heavy atom. The van der Waals surface area contributed by atoms with Gasteiger partial charge in [-0.1, -0.05) is 53.6 Å². The second-order valence-electron chi connectivity index (χ2n) is 6.74. The highest BCUT2D eigenvalue weighted by atomic mass is 35.5. The van der Waals surface area contributed by atoms with Gasteiger partial charge in [0.25, 0.3) is 0 Å². The predicted molar refractivity (Wildman–Crippen MR) is 106 cm³/mol. The fourth-order valence-corrected chi connectivity index (χ4v) is 4.69. The first-order valence-electron chi connectivity index (χ1n) is 8.34. The number of carbonyl (C=O) groups is 2. The molecule has 1 N–H and O–H groups in total. The summed E-state index contributed by atoms with van der Waals surface area (Å²) < 4.78 is 13.7. The van der Waals surface area contributed by atoms with Gasteiger partial charge in [-0.3, -0.25) is 9.59 Å². The molecule has 1 unspecified atom stereocenters. The maximum atomic E-state index is 13.5. The first kappa shape index (κ1) is 17.9. The van der Waals surface area contributed by atoms with E-state index in [1.165, 1.54) is 12.1 Å². The first-order chi connectivity index (χ1) is 12.8. The van der Waals surface area contributed by atoms with Gasteiger partial charge >= 0.3 is 0 Å². The topological polar surface area (TPSA) is 46.2 Å². The van der Waals surface area contributed by atoms with Gasteiger partial charge in [0.2, 0.25) is 5.91 Å². The van der Waals surface area contributed by atoms with Crippen LogP contribution in [0.15, 0.2) is 48.5 Å². The zero-order valence-corrected chi connectivity index (χ0v) is 16.2. The average molecular weight is 400 g/mol. The van der Waals surface area contributed by atoms with Crippen LogP contribution in [0.25, 0.3) is 11.1 Å². The molecule has 136 valence electrons. The molecule has 2 heterocycles. The van der Waals surface area contributed by atoms with E-state index in [-0.39, 0.29) is 17.5 Å². The summed E-state index contributed by atoms with van der Waals surface area (Å²) in [7, 11) is 0. The molecule has 2 aromatic carbocycles. The normalized spacial score (nSPS) is 19.0. The number of halogens is 2. The lowest BCUT2D eigenvalue weighted by molar-refractivity contribution is -0.119. The summed E-state index contributed by atoms with van der Waals surface area (Å²) in [6, 6.07) is 13.1. The molecule has 0 bridgehead atoms. The van der Waals surface area contributed by atoms with Gasteiger partial charge in [0.05, 0.1) is 5.56 Å². The van der Waals surface area contributed by atoms with Crippen LogP contribution in [0.4, 0.5) is 9.39 Å². The highest BCUT2D eigenvalue weighted by Gasteiger charge is 2.49.